The van der Waals surface area contributed by atoms with Crippen molar-refractivity contribution in [2.24, 2.45) is 5.84 Å². The van der Waals surface area contributed by atoms with Gasteiger partial charge in [0.2, 0.25) is 0 Å². The van der Waals surface area contributed by atoms with Crippen molar-refractivity contribution in [2.45, 2.75) is 51.2 Å². The highest BCUT2D eigenvalue weighted by Gasteiger charge is 2.19. The number of hydrogen-bond acceptors (Lipinski definition) is 3. The third-order valence-electron chi connectivity index (χ3n) is 3.78. The lowest BCUT2D eigenvalue weighted by Gasteiger charge is -2.25. The Morgan fingerprint density at radius 3 is 3.00 bits per heavy atom. The maximum atomic E-state index is 13.8. The van der Waals surface area contributed by atoms with Crippen LogP contribution < -0.4 is 11.3 Å². The second-order valence-corrected chi connectivity index (χ2v) is 5.31. The molecule has 0 saturated carbocycles. The first-order chi connectivity index (χ1) is 9.20. The van der Waals surface area contributed by atoms with E-state index in [1.807, 2.05) is 13.0 Å². The van der Waals surface area contributed by atoms with Gasteiger partial charge in [0, 0.05) is 18.2 Å². The van der Waals surface area contributed by atoms with E-state index in [0.717, 1.165) is 37.9 Å². The molecule has 106 valence electrons. The summed E-state index contributed by atoms with van der Waals surface area (Å²) in [5.74, 6) is 5.39. The standard InChI is InChI=1S/C15H23FN2O/c1-11-5-7-14(16)13(10-11)15(18-17)8-6-12-4-2-3-9-19-12/h5,7,10,12,15,18H,2-4,6,8-9,17H2,1H3. The van der Waals surface area contributed by atoms with Gasteiger partial charge >= 0.3 is 0 Å². The van der Waals surface area contributed by atoms with Gasteiger partial charge < -0.3 is 4.74 Å². The van der Waals surface area contributed by atoms with Gasteiger partial charge in [0.05, 0.1) is 6.10 Å². The Balaban J connectivity index is 1.97. The fourth-order valence-electron chi connectivity index (χ4n) is 2.65. The second-order valence-electron chi connectivity index (χ2n) is 5.31. The zero-order valence-corrected chi connectivity index (χ0v) is 11.5. The number of ether oxygens (including phenoxy) is 1. The van der Waals surface area contributed by atoms with Gasteiger partial charge in [-0.3, -0.25) is 11.3 Å². The fraction of sp³-hybridized carbons (Fsp3) is 0.600. The monoisotopic (exact) mass is 266 g/mol. The minimum absolute atomic E-state index is 0.148. The van der Waals surface area contributed by atoms with Crippen molar-refractivity contribution in [3.05, 3.63) is 35.1 Å². The van der Waals surface area contributed by atoms with Crippen LogP contribution in [0.4, 0.5) is 4.39 Å². The Morgan fingerprint density at radius 1 is 1.47 bits per heavy atom. The van der Waals surface area contributed by atoms with Gasteiger partial charge in [-0.15, -0.1) is 0 Å². The molecule has 4 heteroatoms. The van der Waals surface area contributed by atoms with E-state index in [2.05, 4.69) is 5.43 Å². The van der Waals surface area contributed by atoms with Crippen molar-refractivity contribution < 1.29 is 9.13 Å². The minimum Gasteiger partial charge on any atom is -0.378 e. The highest BCUT2D eigenvalue weighted by molar-refractivity contribution is 5.26. The molecule has 19 heavy (non-hydrogen) atoms. The highest BCUT2D eigenvalue weighted by Crippen LogP contribution is 2.25. The van der Waals surface area contributed by atoms with Crippen LogP contribution in [0.15, 0.2) is 18.2 Å². The van der Waals surface area contributed by atoms with Gasteiger partial charge in [0.1, 0.15) is 5.82 Å². The zero-order valence-electron chi connectivity index (χ0n) is 11.5. The minimum atomic E-state index is -0.196. The van der Waals surface area contributed by atoms with E-state index in [0.29, 0.717) is 11.7 Å². The summed E-state index contributed by atoms with van der Waals surface area (Å²) in [6.45, 7) is 2.81. The first-order valence-corrected chi connectivity index (χ1v) is 7.04. The van der Waals surface area contributed by atoms with E-state index in [4.69, 9.17) is 10.6 Å². The van der Waals surface area contributed by atoms with Crippen LogP contribution in [0.2, 0.25) is 0 Å². The van der Waals surface area contributed by atoms with Crippen molar-refractivity contribution in [1.82, 2.24) is 5.43 Å². The van der Waals surface area contributed by atoms with Gasteiger partial charge in [0.25, 0.3) is 0 Å². The molecule has 0 aromatic heterocycles. The SMILES string of the molecule is Cc1ccc(F)c(C(CCC2CCCCO2)NN)c1. The summed E-state index contributed by atoms with van der Waals surface area (Å²) in [6.07, 6.45) is 5.50. The Labute approximate surface area is 114 Å². The molecule has 1 fully saturated rings. The maximum absolute atomic E-state index is 13.8. The number of hydrogen-bond donors (Lipinski definition) is 2. The van der Waals surface area contributed by atoms with Gasteiger partial charge in [-0.2, -0.15) is 0 Å². The highest BCUT2D eigenvalue weighted by atomic mass is 19.1. The van der Waals surface area contributed by atoms with E-state index in [1.165, 1.54) is 12.5 Å². The summed E-state index contributed by atoms with van der Waals surface area (Å²) in [4.78, 5) is 0. The molecule has 1 aliphatic heterocycles. The van der Waals surface area contributed by atoms with Crippen LogP contribution in [0.1, 0.15) is 49.3 Å². The van der Waals surface area contributed by atoms with Crippen LogP contribution in [0, 0.1) is 12.7 Å². The molecule has 3 N–H and O–H groups in total. The Hall–Kier alpha value is -0.970. The fourth-order valence-corrected chi connectivity index (χ4v) is 2.65. The van der Waals surface area contributed by atoms with Crippen molar-refractivity contribution in [3.63, 3.8) is 0 Å². The van der Waals surface area contributed by atoms with E-state index < -0.39 is 0 Å². The molecule has 1 aromatic carbocycles. The number of nitrogens with one attached hydrogen (secondary N) is 1. The summed E-state index contributed by atoms with van der Waals surface area (Å²) >= 11 is 0. The normalized spacial score (nSPS) is 21.3. The molecule has 3 nitrogen and oxygen atoms in total. The van der Waals surface area contributed by atoms with Crippen LogP contribution in [0.5, 0.6) is 0 Å². The molecular weight excluding hydrogens is 243 g/mol. The van der Waals surface area contributed by atoms with Crippen LogP contribution >= 0.6 is 0 Å². The number of hydrazine groups is 1. The summed E-state index contributed by atoms with van der Waals surface area (Å²) in [5.41, 5.74) is 4.43. The van der Waals surface area contributed by atoms with E-state index in [9.17, 15) is 4.39 Å². The molecule has 2 rings (SSSR count). The number of nitrogens with two attached hydrogens (primary N) is 1. The predicted octanol–water partition coefficient (Wildman–Crippen LogP) is 2.99. The molecule has 2 atom stereocenters. The molecule has 2 unspecified atom stereocenters. The molecule has 1 saturated heterocycles. The van der Waals surface area contributed by atoms with Crippen molar-refractivity contribution in [1.29, 1.82) is 0 Å². The predicted molar refractivity (Wildman–Crippen MR) is 74.0 cm³/mol. The smallest absolute Gasteiger partial charge is 0.128 e. The molecule has 1 aromatic rings. The van der Waals surface area contributed by atoms with Crippen LogP contribution in [-0.4, -0.2) is 12.7 Å². The van der Waals surface area contributed by atoms with E-state index in [-0.39, 0.29) is 11.9 Å². The number of halogens is 1. The molecular formula is C15H23FN2O. The number of benzene rings is 1. The second kappa shape index (κ2) is 6.98. The Bertz CT molecular complexity index is 405. The molecule has 0 radical (unpaired) electrons. The quantitative estimate of drug-likeness (QED) is 0.636. The van der Waals surface area contributed by atoms with E-state index in [1.54, 1.807) is 6.07 Å². The van der Waals surface area contributed by atoms with Gasteiger partial charge in [-0.25, -0.2) is 4.39 Å². The molecule has 0 spiro atoms. The molecule has 0 amide bonds. The average Bonchev–Trinajstić information content (AvgIpc) is 2.44. The zero-order chi connectivity index (χ0) is 13.7. The van der Waals surface area contributed by atoms with Gasteiger partial charge in [-0.1, -0.05) is 17.7 Å². The third kappa shape index (κ3) is 4.00. The Kier molecular flexibility index (Phi) is 5.31. The molecule has 0 bridgehead atoms. The van der Waals surface area contributed by atoms with Crippen molar-refractivity contribution in [3.8, 4) is 0 Å². The van der Waals surface area contributed by atoms with Crippen molar-refractivity contribution >= 4 is 0 Å². The maximum Gasteiger partial charge on any atom is 0.128 e. The number of aryl methyl sites for hydroxylation is 1. The lowest BCUT2D eigenvalue weighted by molar-refractivity contribution is 0.00848. The summed E-state index contributed by atoms with van der Waals surface area (Å²) in [6, 6.07) is 5.00. The van der Waals surface area contributed by atoms with Gasteiger partial charge in [0.15, 0.2) is 0 Å². The lowest BCUT2D eigenvalue weighted by Crippen LogP contribution is -2.30. The molecule has 1 aliphatic rings. The molecule has 0 aliphatic carbocycles. The van der Waals surface area contributed by atoms with Gasteiger partial charge in [-0.05, 0) is 45.1 Å². The first kappa shape index (κ1) is 14.4. The van der Waals surface area contributed by atoms with E-state index >= 15 is 0 Å². The van der Waals surface area contributed by atoms with Crippen LogP contribution in [0.25, 0.3) is 0 Å². The average molecular weight is 266 g/mol. The van der Waals surface area contributed by atoms with Crippen LogP contribution in [0.3, 0.4) is 0 Å². The number of rotatable bonds is 5. The lowest BCUT2D eigenvalue weighted by atomic mass is 9.96. The summed E-state index contributed by atoms with van der Waals surface area (Å²) < 4.78 is 19.5. The largest absolute Gasteiger partial charge is 0.378 e. The summed E-state index contributed by atoms with van der Waals surface area (Å²) in [5, 5.41) is 0. The van der Waals surface area contributed by atoms with Crippen LogP contribution in [-0.2, 0) is 4.74 Å². The molecule has 1 heterocycles. The van der Waals surface area contributed by atoms with Crippen molar-refractivity contribution in [2.75, 3.05) is 6.61 Å². The third-order valence-corrected chi connectivity index (χ3v) is 3.78. The Morgan fingerprint density at radius 2 is 2.32 bits per heavy atom. The first-order valence-electron chi connectivity index (χ1n) is 7.04. The topological polar surface area (TPSA) is 47.3 Å². The summed E-state index contributed by atoms with van der Waals surface area (Å²) in [7, 11) is 0.